The highest BCUT2D eigenvalue weighted by Crippen LogP contribution is 2.30. The van der Waals surface area contributed by atoms with E-state index in [-0.39, 0.29) is 11.7 Å². The summed E-state index contributed by atoms with van der Waals surface area (Å²) in [5, 5.41) is 13.3. The van der Waals surface area contributed by atoms with Crippen molar-refractivity contribution in [2.24, 2.45) is 5.10 Å². The van der Waals surface area contributed by atoms with Gasteiger partial charge >= 0.3 is 0 Å². The highest BCUT2D eigenvalue weighted by atomic mass is 35.5. The number of hydrazone groups is 1. The Bertz CT molecular complexity index is 1010. The summed E-state index contributed by atoms with van der Waals surface area (Å²) in [6, 6.07) is 15.4. The molecule has 0 unspecified atom stereocenters. The van der Waals surface area contributed by atoms with Gasteiger partial charge in [0.15, 0.2) is 8.68 Å². The van der Waals surface area contributed by atoms with E-state index < -0.39 is 0 Å². The van der Waals surface area contributed by atoms with Crippen LogP contribution >= 0.6 is 58.1 Å². The topological polar surface area (TPSA) is 67.2 Å². The summed E-state index contributed by atoms with van der Waals surface area (Å²) < 4.78 is 1.63. The third-order valence-electron chi connectivity index (χ3n) is 3.61. The number of thioether (sulfide) groups is 2. The molecule has 1 N–H and O–H groups in total. The number of aromatic nitrogens is 2. The Balaban J connectivity index is 1.45. The molecule has 1 amide bonds. The fraction of sp³-hybridized carbons (Fsp3) is 0.158. The highest BCUT2D eigenvalue weighted by Gasteiger charge is 2.09. The molecule has 29 heavy (non-hydrogen) atoms. The number of amides is 1. The molecule has 0 spiro atoms. The van der Waals surface area contributed by atoms with Gasteiger partial charge in [0.25, 0.3) is 5.91 Å². The van der Waals surface area contributed by atoms with Crippen LogP contribution in [0.15, 0.2) is 62.3 Å². The van der Waals surface area contributed by atoms with E-state index in [1.54, 1.807) is 36.9 Å². The average molecular weight is 483 g/mol. The van der Waals surface area contributed by atoms with Gasteiger partial charge in [-0.15, -0.1) is 10.2 Å². The van der Waals surface area contributed by atoms with Gasteiger partial charge in [0, 0.05) is 5.75 Å². The van der Waals surface area contributed by atoms with Gasteiger partial charge in [0.1, 0.15) is 0 Å². The molecule has 3 rings (SSSR count). The zero-order chi connectivity index (χ0) is 20.6. The first kappa shape index (κ1) is 22.1. The molecule has 0 bridgehead atoms. The number of carbonyl (C=O) groups is 1. The van der Waals surface area contributed by atoms with Crippen molar-refractivity contribution < 1.29 is 4.79 Å². The van der Waals surface area contributed by atoms with Gasteiger partial charge in [-0.25, -0.2) is 5.43 Å². The number of nitrogens with one attached hydrogen (secondary N) is 1. The van der Waals surface area contributed by atoms with Crippen molar-refractivity contribution in [3.8, 4) is 0 Å². The standard InChI is InChI=1S/C19H16Cl2N4OS3/c1-12(14-7-8-15(20)16(21)9-14)22-23-17(26)11-28-19-25-24-18(29-19)27-10-13-5-3-2-4-6-13/h2-9H,10-11H2,1H3,(H,23,26). The maximum Gasteiger partial charge on any atom is 0.250 e. The van der Waals surface area contributed by atoms with Crippen LogP contribution in [0.1, 0.15) is 18.1 Å². The van der Waals surface area contributed by atoms with E-state index in [9.17, 15) is 4.79 Å². The van der Waals surface area contributed by atoms with E-state index in [1.165, 1.54) is 28.7 Å². The van der Waals surface area contributed by atoms with E-state index in [0.717, 1.165) is 20.0 Å². The van der Waals surface area contributed by atoms with Crippen LogP contribution in [0.5, 0.6) is 0 Å². The predicted octanol–water partition coefficient (Wildman–Crippen LogP) is 5.77. The second-order valence-corrected chi connectivity index (χ2v) is 9.99. The van der Waals surface area contributed by atoms with Crippen LogP contribution < -0.4 is 5.43 Å². The van der Waals surface area contributed by atoms with Crippen molar-refractivity contribution in [1.29, 1.82) is 0 Å². The summed E-state index contributed by atoms with van der Waals surface area (Å²) in [7, 11) is 0. The zero-order valence-electron chi connectivity index (χ0n) is 15.3. The minimum Gasteiger partial charge on any atom is -0.272 e. The molecule has 0 saturated carbocycles. The Morgan fingerprint density at radius 3 is 2.52 bits per heavy atom. The van der Waals surface area contributed by atoms with Crippen molar-refractivity contribution in [2.45, 2.75) is 21.4 Å². The van der Waals surface area contributed by atoms with Crippen molar-refractivity contribution in [1.82, 2.24) is 15.6 Å². The van der Waals surface area contributed by atoms with Crippen molar-refractivity contribution in [3.05, 3.63) is 69.7 Å². The lowest BCUT2D eigenvalue weighted by Gasteiger charge is -2.04. The second-order valence-electron chi connectivity index (χ2n) is 5.76. The molecular formula is C19H16Cl2N4OS3. The summed E-state index contributed by atoms with van der Waals surface area (Å²) in [5.74, 6) is 0.822. The van der Waals surface area contributed by atoms with Gasteiger partial charge in [-0.05, 0) is 30.2 Å². The van der Waals surface area contributed by atoms with Gasteiger partial charge in [0.05, 0.1) is 21.5 Å². The fourth-order valence-electron chi connectivity index (χ4n) is 2.12. The third-order valence-corrected chi connectivity index (χ3v) is 7.61. The van der Waals surface area contributed by atoms with E-state index in [2.05, 4.69) is 32.9 Å². The fourth-order valence-corrected chi connectivity index (χ4v) is 5.19. The number of hydrogen-bond donors (Lipinski definition) is 1. The summed E-state index contributed by atoms with van der Waals surface area (Å²) in [6.07, 6.45) is 0. The molecule has 0 aliphatic rings. The van der Waals surface area contributed by atoms with Gasteiger partial charge in [-0.1, -0.05) is 94.5 Å². The molecule has 2 aromatic carbocycles. The van der Waals surface area contributed by atoms with Crippen LogP contribution in [-0.2, 0) is 10.5 Å². The Labute approximate surface area is 191 Å². The number of halogens is 2. The Morgan fingerprint density at radius 2 is 1.79 bits per heavy atom. The van der Waals surface area contributed by atoms with Crippen molar-refractivity contribution >= 4 is 69.7 Å². The lowest BCUT2D eigenvalue weighted by atomic mass is 10.1. The number of rotatable bonds is 8. The van der Waals surface area contributed by atoms with Crippen LogP contribution in [0, 0.1) is 0 Å². The molecule has 0 atom stereocenters. The molecule has 0 aliphatic heterocycles. The number of benzene rings is 2. The monoisotopic (exact) mass is 482 g/mol. The van der Waals surface area contributed by atoms with E-state index in [0.29, 0.717) is 15.8 Å². The molecule has 3 aromatic rings. The maximum atomic E-state index is 12.1. The highest BCUT2D eigenvalue weighted by molar-refractivity contribution is 8.03. The third kappa shape index (κ3) is 7.01. The molecule has 1 aromatic heterocycles. The Hall–Kier alpha value is -1.58. The minimum absolute atomic E-state index is 0.205. The normalized spacial score (nSPS) is 11.5. The van der Waals surface area contributed by atoms with Crippen LogP contribution in [0.25, 0.3) is 0 Å². The van der Waals surface area contributed by atoms with Crippen LogP contribution in [0.3, 0.4) is 0 Å². The Kier molecular flexibility index (Phi) is 8.38. The lowest BCUT2D eigenvalue weighted by Crippen LogP contribution is -2.21. The molecule has 5 nitrogen and oxygen atoms in total. The van der Waals surface area contributed by atoms with Gasteiger partial charge < -0.3 is 0 Å². The van der Waals surface area contributed by atoms with Crippen LogP contribution in [0.4, 0.5) is 0 Å². The molecule has 1 heterocycles. The zero-order valence-corrected chi connectivity index (χ0v) is 19.2. The quantitative estimate of drug-likeness (QED) is 0.250. The first-order chi connectivity index (χ1) is 14.0. The molecule has 150 valence electrons. The van der Waals surface area contributed by atoms with E-state index in [1.807, 2.05) is 18.2 Å². The largest absolute Gasteiger partial charge is 0.272 e. The van der Waals surface area contributed by atoms with E-state index >= 15 is 0 Å². The van der Waals surface area contributed by atoms with Gasteiger partial charge in [-0.2, -0.15) is 5.10 Å². The van der Waals surface area contributed by atoms with Crippen LogP contribution in [-0.4, -0.2) is 27.6 Å². The first-order valence-electron chi connectivity index (χ1n) is 8.43. The maximum absolute atomic E-state index is 12.1. The summed E-state index contributed by atoms with van der Waals surface area (Å²) in [5.41, 5.74) is 5.20. The van der Waals surface area contributed by atoms with Gasteiger partial charge in [0.2, 0.25) is 0 Å². The lowest BCUT2D eigenvalue weighted by molar-refractivity contribution is -0.118. The summed E-state index contributed by atoms with van der Waals surface area (Å²) in [6.45, 7) is 1.79. The molecule has 0 aliphatic carbocycles. The summed E-state index contributed by atoms with van der Waals surface area (Å²) >= 11 is 16.4. The number of carbonyl (C=O) groups excluding carboxylic acids is 1. The molecule has 10 heteroatoms. The Morgan fingerprint density at radius 1 is 1.07 bits per heavy atom. The first-order valence-corrected chi connectivity index (χ1v) is 12.0. The predicted molar refractivity (Wildman–Crippen MR) is 123 cm³/mol. The smallest absolute Gasteiger partial charge is 0.250 e. The average Bonchev–Trinajstić information content (AvgIpc) is 3.19. The summed E-state index contributed by atoms with van der Waals surface area (Å²) in [4.78, 5) is 12.1. The van der Waals surface area contributed by atoms with Crippen LogP contribution in [0.2, 0.25) is 10.0 Å². The second kappa shape index (κ2) is 11.0. The van der Waals surface area contributed by atoms with Crippen molar-refractivity contribution in [3.63, 3.8) is 0 Å². The molecular weight excluding hydrogens is 467 g/mol. The molecule has 0 radical (unpaired) electrons. The molecule has 0 saturated heterocycles. The number of nitrogens with zero attached hydrogens (tertiary/aromatic N) is 3. The minimum atomic E-state index is -0.219. The number of hydrogen-bond acceptors (Lipinski definition) is 7. The van der Waals surface area contributed by atoms with Crippen molar-refractivity contribution in [2.75, 3.05) is 5.75 Å². The van der Waals surface area contributed by atoms with Gasteiger partial charge in [-0.3, -0.25) is 4.79 Å². The van der Waals surface area contributed by atoms with E-state index in [4.69, 9.17) is 23.2 Å². The molecule has 0 fully saturated rings. The SMILES string of the molecule is CC(=NNC(=O)CSc1nnc(SCc2ccccc2)s1)c1ccc(Cl)c(Cl)c1.